The molecule has 1 atom stereocenters. The molecule has 0 radical (unpaired) electrons. The molecule has 0 saturated heterocycles. The van der Waals surface area contributed by atoms with Gasteiger partial charge < -0.3 is 14.2 Å². The van der Waals surface area contributed by atoms with E-state index in [0.717, 1.165) is 0 Å². The van der Waals surface area contributed by atoms with Gasteiger partial charge in [-0.15, -0.1) is 0 Å². The van der Waals surface area contributed by atoms with E-state index >= 15 is 0 Å². The highest BCUT2D eigenvalue weighted by atomic mass is 32.2. The Bertz CT molecular complexity index is 1120. The van der Waals surface area contributed by atoms with Crippen molar-refractivity contribution in [3.05, 3.63) is 60.5 Å². The average Bonchev–Trinajstić information content (AvgIpc) is 3.06. The van der Waals surface area contributed by atoms with Gasteiger partial charge in [0.2, 0.25) is 15.9 Å². The van der Waals surface area contributed by atoms with Gasteiger partial charge in [0.1, 0.15) is 11.4 Å². The Balaban J connectivity index is 2.18. The Kier molecular flexibility index (Phi) is 5.56. The molecule has 0 aliphatic rings. The lowest BCUT2D eigenvalue weighted by molar-refractivity contribution is 0.343. The van der Waals surface area contributed by atoms with Crippen LogP contribution in [0, 0.1) is 0 Å². The van der Waals surface area contributed by atoms with Crippen molar-refractivity contribution < 1.29 is 27.2 Å². The molecule has 0 bridgehead atoms. The van der Waals surface area contributed by atoms with Gasteiger partial charge in [0.15, 0.2) is 5.76 Å². The first-order valence-corrected chi connectivity index (χ1v) is 11.6. The Hall–Kier alpha value is -2.29. The molecule has 4 N–H and O–H groups in total. The zero-order valence-corrected chi connectivity index (χ0v) is 16.6. The first-order chi connectivity index (χ1) is 13.1. The number of primary sulfonamides is 1. The van der Waals surface area contributed by atoms with E-state index in [0.29, 0.717) is 16.8 Å². The van der Waals surface area contributed by atoms with Crippen molar-refractivity contribution in [2.75, 3.05) is 0 Å². The van der Waals surface area contributed by atoms with Crippen LogP contribution in [0.5, 0.6) is 0 Å². The molecule has 10 heteroatoms. The van der Waals surface area contributed by atoms with Gasteiger partial charge >= 0.3 is 7.60 Å². The van der Waals surface area contributed by atoms with Crippen molar-refractivity contribution in [3.8, 4) is 22.6 Å². The topological polar surface area (TPSA) is 144 Å². The molecule has 0 fully saturated rings. The molecule has 1 heterocycles. The van der Waals surface area contributed by atoms with Crippen LogP contribution in [-0.4, -0.2) is 23.2 Å². The second kappa shape index (κ2) is 7.62. The fourth-order valence-electron chi connectivity index (χ4n) is 2.82. The predicted molar refractivity (Wildman–Crippen MR) is 104 cm³/mol. The molecule has 0 amide bonds. The molecular formula is C18H19N2O6PS. The van der Waals surface area contributed by atoms with Gasteiger partial charge in [-0.05, 0) is 30.7 Å². The summed E-state index contributed by atoms with van der Waals surface area (Å²) in [6.45, 7) is 1.64. The smallest absolute Gasteiger partial charge is 0.337 e. The number of hydrogen-bond donors (Lipinski definition) is 3. The molecule has 148 valence electrons. The van der Waals surface area contributed by atoms with Gasteiger partial charge in [0.25, 0.3) is 0 Å². The van der Waals surface area contributed by atoms with Crippen LogP contribution in [0.2, 0.25) is 0 Å². The molecule has 1 aromatic heterocycles. The third kappa shape index (κ3) is 4.24. The average molecular weight is 422 g/mol. The fraction of sp³-hybridized carbons (Fsp3) is 0.167. The van der Waals surface area contributed by atoms with Crippen molar-refractivity contribution in [2.45, 2.75) is 23.9 Å². The quantitative estimate of drug-likeness (QED) is 0.517. The van der Waals surface area contributed by atoms with Crippen LogP contribution >= 0.6 is 7.60 Å². The van der Waals surface area contributed by atoms with Gasteiger partial charge in [-0.25, -0.2) is 18.5 Å². The SMILES string of the molecule is CCC(c1nc(-c2ccccc2)c(-c2ccc(S(N)(=O)=O)cc2)o1)P(=O)(O)O. The molecule has 0 aliphatic carbocycles. The normalized spacial score (nSPS) is 13.4. The summed E-state index contributed by atoms with van der Waals surface area (Å²) in [7, 11) is -8.31. The Morgan fingerprint density at radius 3 is 2.18 bits per heavy atom. The summed E-state index contributed by atoms with van der Waals surface area (Å²) in [6, 6.07) is 14.7. The summed E-state index contributed by atoms with van der Waals surface area (Å²) in [5.74, 6) is 0.217. The molecule has 3 rings (SSSR count). The van der Waals surface area contributed by atoms with E-state index in [-0.39, 0.29) is 23.0 Å². The van der Waals surface area contributed by atoms with Crippen molar-refractivity contribution in [1.82, 2.24) is 4.98 Å². The molecule has 1 unspecified atom stereocenters. The molecule has 28 heavy (non-hydrogen) atoms. The highest BCUT2D eigenvalue weighted by molar-refractivity contribution is 7.89. The van der Waals surface area contributed by atoms with Crippen LogP contribution in [0.3, 0.4) is 0 Å². The van der Waals surface area contributed by atoms with E-state index in [4.69, 9.17) is 9.56 Å². The maximum absolute atomic E-state index is 11.8. The molecule has 3 aromatic rings. The largest absolute Gasteiger partial charge is 0.439 e. The van der Waals surface area contributed by atoms with E-state index < -0.39 is 23.3 Å². The lowest BCUT2D eigenvalue weighted by Gasteiger charge is -2.12. The summed E-state index contributed by atoms with van der Waals surface area (Å²) in [6.07, 6.45) is 0.142. The van der Waals surface area contributed by atoms with E-state index in [1.54, 1.807) is 31.2 Å². The van der Waals surface area contributed by atoms with Gasteiger partial charge in [-0.1, -0.05) is 37.3 Å². The summed E-state index contributed by atoms with van der Waals surface area (Å²) >= 11 is 0. The number of nitrogens with zero attached hydrogens (tertiary/aromatic N) is 1. The molecule has 2 aromatic carbocycles. The van der Waals surface area contributed by atoms with Crippen LogP contribution in [0.1, 0.15) is 24.9 Å². The zero-order valence-electron chi connectivity index (χ0n) is 14.9. The third-order valence-electron chi connectivity index (χ3n) is 4.21. The fourth-order valence-corrected chi connectivity index (χ4v) is 4.21. The summed E-state index contributed by atoms with van der Waals surface area (Å²) < 4.78 is 40.5. The minimum absolute atomic E-state index is 0.0566. The highest BCUT2D eigenvalue weighted by Crippen LogP contribution is 2.54. The van der Waals surface area contributed by atoms with Crippen molar-refractivity contribution in [3.63, 3.8) is 0 Å². The van der Waals surface area contributed by atoms with Crippen LogP contribution < -0.4 is 5.14 Å². The molecule has 8 nitrogen and oxygen atoms in total. The van der Waals surface area contributed by atoms with E-state index in [1.165, 1.54) is 24.3 Å². The first-order valence-electron chi connectivity index (χ1n) is 8.36. The van der Waals surface area contributed by atoms with Crippen molar-refractivity contribution >= 4 is 17.6 Å². The standard InChI is InChI=1S/C18H19N2O6PS/c1-2-15(27(21,22)23)18-20-16(12-6-4-3-5-7-12)17(26-18)13-8-10-14(11-9-13)28(19,24)25/h3-11,15H,2H2,1H3,(H2,19,24,25)(H2,21,22,23). The summed E-state index contributed by atoms with van der Waals surface area (Å²) in [5.41, 5.74) is 0.437. The van der Waals surface area contributed by atoms with Gasteiger partial charge in [0, 0.05) is 11.1 Å². The first kappa shape index (κ1) is 20.4. The monoisotopic (exact) mass is 422 g/mol. The molecule has 0 spiro atoms. The number of aromatic nitrogens is 1. The van der Waals surface area contributed by atoms with E-state index in [9.17, 15) is 22.8 Å². The van der Waals surface area contributed by atoms with E-state index in [1.807, 2.05) is 6.07 Å². The number of hydrogen-bond acceptors (Lipinski definition) is 5. The van der Waals surface area contributed by atoms with Crippen LogP contribution in [0.15, 0.2) is 63.9 Å². The molecule has 0 saturated carbocycles. The summed E-state index contributed by atoms with van der Waals surface area (Å²) in [5, 5.41) is 5.13. The third-order valence-corrected chi connectivity index (χ3v) is 6.54. The number of sulfonamides is 1. The van der Waals surface area contributed by atoms with Crippen LogP contribution in [0.25, 0.3) is 22.6 Å². The number of rotatable bonds is 6. The highest BCUT2D eigenvalue weighted by Gasteiger charge is 2.34. The Morgan fingerprint density at radius 1 is 1.07 bits per heavy atom. The van der Waals surface area contributed by atoms with Crippen molar-refractivity contribution in [2.24, 2.45) is 5.14 Å². The van der Waals surface area contributed by atoms with Gasteiger partial charge in [0.05, 0.1) is 4.90 Å². The maximum Gasteiger partial charge on any atom is 0.337 e. The lowest BCUT2D eigenvalue weighted by Crippen LogP contribution is -2.11. The van der Waals surface area contributed by atoms with Gasteiger partial charge in [-0.2, -0.15) is 0 Å². The Labute approximate surface area is 162 Å². The summed E-state index contributed by atoms with van der Waals surface area (Å²) in [4.78, 5) is 23.6. The maximum atomic E-state index is 11.8. The minimum atomic E-state index is -4.47. The molecular weight excluding hydrogens is 403 g/mol. The predicted octanol–water partition coefficient (Wildman–Crippen LogP) is 3.28. The lowest BCUT2D eigenvalue weighted by atomic mass is 10.1. The van der Waals surface area contributed by atoms with E-state index in [2.05, 4.69) is 4.98 Å². The second-order valence-electron chi connectivity index (χ2n) is 6.18. The Morgan fingerprint density at radius 2 is 1.68 bits per heavy atom. The second-order valence-corrected chi connectivity index (χ2v) is 9.54. The minimum Gasteiger partial charge on any atom is -0.439 e. The zero-order chi connectivity index (χ0) is 20.5. The van der Waals surface area contributed by atoms with Crippen molar-refractivity contribution in [1.29, 1.82) is 0 Å². The number of benzene rings is 2. The number of oxazole rings is 1. The molecule has 0 aliphatic heterocycles. The van der Waals surface area contributed by atoms with Crippen LogP contribution in [0.4, 0.5) is 0 Å². The number of nitrogens with two attached hydrogens (primary N) is 1. The van der Waals surface area contributed by atoms with Gasteiger partial charge in [-0.3, -0.25) is 4.57 Å². The van der Waals surface area contributed by atoms with Crippen LogP contribution in [-0.2, 0) is 14.6 Å².